The zero-order valence-corrected chi connectivity index (χ0v) is 9.46. The maximum atomic E-state index is 10.9. The highest BCUT2D eigenvalue weighted by Gasteiger charge is 2.19. The fourth-order valence-corrected chi connectivity index (χ4v) is 1.65. The first-order valence-electron chi connectivity index (χ1n) is 4.81. The molecule has 1 aromatic carbocycles. The van der Waals surface area contributed by atoms with Gasteiger partial charge in [0.15, 0.2) is 0 Å². The molecular weight excluding hydrogens is 192 g/mol. The highest BCUT2D eigenvalue weighted by atomic mass is 16.4. The van der Waals surface area contributed by atoms with Crippen molar-refractivity contribution in [2.24, 2.45) is 0 Å². The number of hydrogen-bond acceptors (Lipinski definition) is 2. The molecule has 0 heterocycles. The first kappa shape index (κ1) is 11.7. The van der Waals surface area contributed by atoms with E-state index in [1.54, 1.807) is 39.8 Å². The van der Waals surface area contributed by atoms with Gasteiger partial charge in [-0.05, 0) is 44.4 Å². The predicted octanol–water partition coefficient (Wildman–Crippen LogP) is 2.23. The van der Waals surface area contributed by atoms with Crippen LogP contribution in [-0.2, 0) is 5.60 Å². The van der Waals surface area contributed by atoms with Gasteiger partial charge in [-0.3, -0.25) is 0 Å². The second kappa shape index (κ2) is 3.66. The van der Waals surface area contributed by atoms with Crippen LogP contribution in [-0.4, -0.2) is 16.2 Å². The van der Waals surface area contributed by atoms with Crippen LogP contribution in [0.4, 0.5) is 0 Å². The topological polar surface area (TPSA) is 57.5 Å². The van der Waals surface area contributed by atoms with Gasteiger partial charge in [-0.25, -0.2) is 4.79 Å². The Morgan fingerprint density at radius 3 is 1.87 bits per heavy atom. The molecule has 82 valence electrons. The number of aryl methyl sites for hydroxylation is 2. The zero-order valence-electron chi connectivity index (χ0n) is 9.46. The third kappa shape index (κ3) is 2.36. The van der Waals surface area contributed by atoms with Crippen molar-refractivity contribution in [3.05, 3.63) is 34.4 Å². The molecule has 0 saturated carbocycles. The molecule has 0 fully saturated rings. The Morgan fingerprint density at radius 2 is 1.60 bits per heavy atom. The van der Waals surface area contributed by atoms with Crippen LogP contribution in [0.1, 0.15) is 40.9 Å². The van der Waals surface area contributed by atoms with Crippen molar-refractivity contribution < 1.29 is 15.0 Å². The summed E-state index contributed by atoms with van der Waals surface area (Å²) in [7, 11) is 0. The van der Waals surface area contributed by atoms with Crippen LogP contribution in [0.15, 0.2) is 12.1 Å². The molecule has 0 unspecified atom stereocenters. The van der Waals surface area contributed by atoms with Gasteiger partial charge in [0.05, 0.1) is 11.2 Å². The van der Waals surface area contributed by atoms with E-state index in [2.05, 4.69) is 0 Å². The number of rotatable bonds is 2. The first-order chi connectivity index (χ1) is 6.73. The van der Waals surface area contributed by atoms with E-state index in [0.29, 0.717) is 16.7 Å². The lowest BCUT2D eigenvalue weighted by atomic mass is 9.91. The van der Waals surface area contributed by atoms with Crippen molar-refractivity contribution in [3.63, 3.8) is 0 Å². The summed E-state index contributed by atoms with van der Waals surface area (Å²) in [6.45, 7) is 6.85. The molecule has 0 radical (unpaired) electrons. The Hall–Kier alpha value is -1.35. The van der Waals surface area contributed by atoms with E-state index in [1.165, 1.54) is 0 Å². The Morgan fingerprint density at radius 1 is 1.20 bits per heavy atom. The van der Waals surface area contributed by atoms with Gasteiger partial charge in [-0.1, -0.05) is 12.1 Å². The summed E-state index contributed by atoms with van der Waals surface area (Å²) >= 11 is 0. The molecule has 0 atom stereocenters. The standard InChI is InChI=1S/C12H16O3/c1-7-5-9(12(3,4)15)6-8(2)10(7)11(13)14/h5-6,15H,1-4H3,(H,13,14). The summed E-state index contributed by atoms with van der Waals surface area (Å²) < 4.78 is 0. The number of benzene rings is 1. The molecular formula is C12H16O3. The Labute approximate surface area is 89.4 Å². The van der Waals surface area contributed by atoms with Crippen LogP contribution in [0.3, 0.4) is 0 Å². The molecule has 0 bridgehead atoms. The summed E-state index contributed by atoms with van der Waals surface area (Å²) in [5.74, 6) is -0.924. The second-order valence-corrected chi connectivity index (χ2v) is 4.35. The van der Waals surface area contributed by atoms with Crippen molar-refractivity contribution in [1.82, 2.24) is 0 Å². The minimum absolute atomic E-state index is 0.322. The molecule has 0 amide bonds. The number of carboxylic acid groups (broad SMARTS) is 1. The van der Waals surface area contributed by atoms with Crippen LogP contribution in [0, 0.1) is 13.8 Å². The van der Waals surface area contributed by atoms with Gasteiger partial charge < -0.3 is 10.2 Å². The summed E-state index contributed by atoms with van der Waals surface area (Å²) in [5, 5.41) is 18.8. The van der Waals surface area contributed by atoms with Crippen LogP contribution >= 0.6 is 0 Å². The van der Waals surface area contributed by atoms with Crippen LogP contribution in [0.2, 0.25) is 0 Å². The third-order valence-corrected chi connectivity index (χ3v) is 2.45. The van der Waals surface area contributed by atoms with E-state index in [9.17, 15) is 9.90 Å². The lowest BCUT2D eigenvalue weighted by Crippen LogP contribution is -2.17. The average Bonchev–Trinajstić information content (AvgIpc) is 1.99. The predicted molar refractivity (Wildman–Crippen MR) is 58.1 cm³/mol. The molecule has 1 aromatic rings. The van der Waals surface area contributed by atoms with E-state index in [0.717, 1.165) is 5.56 Å². The maximum Gasteiger partial charge on any atom is 0.336 e. The number of carboxylic acids is 1. The van der Waals surface area contributed by atoms with E-state index >= 15 is 0 Å². The van der Waals surface area contributed by atoms with Gasteiger partial charge in [-0.15, -0.1) is 0 Å². The van der Waals surface area contributed by atoms with E-state index < -0.39 is 11.6 Å². The minimum Gasteiger partial charge on any atom is -0.478 e. The number of aromatic carboxylic acids is 1. The molecule has 0 aliphatic rings. The van der Waals surface area contributed by atoms with E-state index in [-0.39, 0.29) is 0 Å². The fraction of sp³-hybridized carbons (Fsp3) is 0.417. The summed E-state index contributed by atoms with van der Waals surface area (Å²) in [5.41, 5.74) is 1.48. The highest BCUT2D eigenvalue weighted by Crippen LogP contribution is 2.25. The maximum absolute atomic E-state index is 10.9. The molecule has 0 aliphatic carbocycles. The summed E-state index contributed by atoms with van der Waals surface area (Å²) in [6, 6.07) is 3.44. The molecule has 0 aliphatic heterocycles. The largest absolute Gasteiger partial charge is 0.478 e. The zero-order chi connectivity index (χ0) is 11.8. The Balaban J connectivity index is 3.39. The number of aliphatic hydroxyl groups is 1. The molecule has 2 N–H and O–H groups in total. The normalized spacial score (nSPS) is 11.5. The smallest absolute Gasteiger partial charge is 0.336 e. The van der Waals surface area contributed by atoms with Crippen LogP contribution in [0.5, 0.6) is 0 Å². The second-order valence-electron chi connectivity index (χ2n) is 4.35. The molecule has 15 heavy (non-hydrogen) atoms. The van der Waals surface area contributed by atoms with Crippen molar-refractivity contribution in [3.8, 4) is 0 Å². The summed E-state index contributed by atoms with van der Waals surface area (Å²) in [6.07, 6.45) is 0. The Bertz CT molecular complexity index is 377. The third-order valence-electron chi connectivity index (χ3n) is 2.45. The van der Waals surface area contributed by atoms with Gasteiger partial charge in [0.1, 0.15) is 0 Å². The first-order valence-corrected chi connectivity index (χ1v) is 4.81. The van der Waals surface area contributed by atoms with Crippen molar-refractivity contribution >= 4 is 5.97 Å². The van der Waals surface area contributed by atoms with Crippen LogP contribution < -0.4 is 0 Å². The minimum atomic E-state index is -0.938. The molecule has 0 spiro atoms. The van der Waals surface area contributed by atoms with Gasteiger partial charge in [0, 0.05) is 0 Å². The summed E-state index contributed by atoms with van der Waals surface area (Å²) in [4.78, 5) is 10.9. The molecule has 3 heteroatoms. The SMILES string of the molecule is Cc1cc(C(C)(C)O)cc(C)c1C(=O)O. The van der Waals surface area contributed by atoms with Crippen molar-refractivity contribution in [2.75, 3.05) is 0 Å². The molecule has 0 saturated heterocycles. The van der Waals surface area contributed by atoms with E-state index in [1.807, 2.05) is 0 Å². The monoisotopic (exact) mass is 208 g/mol. The van der Waals surface area contributed by atoms with Crippen molar-refractivity contribution in [1.29, 1.82) is 0 Å². The highest BCUT2D eigenvalue weighted by molar-refractivity contribution is 5.91. The van der Waals surface area contributed by atoms with E-state index in [4.69, 9.17) is 5.11 Å². The van der Waals surface area contributed by atoms with Crippen molar-refractivity contribution in [2.45, 2.75) is 33.3 Å². The van der Waals surface area contributed by atoms with Gasteiger partial charge in [-0.2, -0.15) is 0 Å². The molecule has 3 nitrogen and oxygen atoms in total. The fourth-order valence-electron chi connectivity index (χ4n) is 1.65. The number of hydrogen-bond donors (Lipinski definition) is 2. The average molecular weight is 208 g/mol. The van der Waals surface area contributed by atoms with Gasteiger partial charge in [0.25, 0.3) is 0 Å². The lowest BCUT2D eigenvalue weighted by molar-refractivity contribution is 0.0690. The Kier molecular flexibility index (Phi) is 2.86. The number of carbonyl (C=O) groups is 1. The van der Waals surface area contributed by atoms with Crippen LogP contribution in [0.25, 0.3) is 0 Å². The molecule has 1 rings (SSSR count). The van der Waals surface area contributed by atoms with Gasteiger partial charge in [0.2, 0.25) is 0 Å². The van der Waals surface area contributed by atoms with Gasteiger partial charge >= 0.3 is 5.97 Å². The lowest BCUT2D eigenvalue weighted by Gasteiger charge is -2.20. The quantitative estimate of drug-likeness (QED) is 0.783. The molecule has 0 aromatic heterocycles.